The Morgan fingerprint density at radius 2 is 1.36 bits per heavy atom. The topological polar surface area (TPSA) is 82.1 Å². The standard InChI is InChI=1S/C33H29F6N3O4S/c34-32(35,36)23-8-5-9-24(18-23)41-19-27(40-47(44,45)26-16-14-25(15-17-26)46-33(37,38)39)31(43)30(20-41)42-28-10-3-1-6-21(28)12-13-22-7-2-4-11-29(22)42/h1-11,14-18,27,30-31,40,43H,12-13,19-20H2/t27?,30?,31-/m0/s1. The van der Waals surface area contributed by atoms with Gasteiger partial charge in [0.1, 0.15) is 5.75 Å². The number of aliphatic hydroxyl groups is 1. The highest BCUT2D eigenvalue weighted by molar-refractivity contribution is 7.89. The first-order valence-electron chi connectivity index (χ1n) is 14.6. The van der Waals surface area contributed by atoms with Crippen LogP contribution < -0.4 is 19.3 Å². The van der Waals surface area contributed by atoms with Crippen molar-refractivity contribution in [2.75, 3.05) is 22.9 Å². The zero-order chi connectivity index (χ0) is 33.6. The Labute approximate surface area is 267 Å². The van der Waals surface area contributed by atoms with Crippen LogP contribution in [-0.4, -0.2) is 51.2 Å². The Bertz CT molecular complexity index is 1800. The van der Waals surface area contributed by atoms with Crippen LogP contribution in [0, 0.1) is 0 Å². The number of hydrogen-bond acceptors (Lipinski definition) is 6. The molecule has 2 aliphatic rings. The summed E-state index contributed by atoms with van der Waals surface area (Å²) in [5.74, 6) is -0.622. The van der Waals surface area contributed by atoms with Crippen LogP contribution in [0.1, 0.15) is 16.7 Å². The van der Waals surface area contributed by atoms with E-state index in [9.17, 15) is 39.9 Å². The zero-order valence-corrected chi connectivity index (χ0v) is 25.4. The molecule has 0 aliphatic carbocycles. The number of rotatable bonds is 6. The molecule has 3 atom stereocenters. The summed E-state index contributed by atoms with van der Waals surface area (Å²) in [4.78, 5) is 3.13. The van der Waals surface area contributed by atoms with Crippen molar-refractivity contribution in [1.82, 2.24) is 4.72 Å². The highest BCUT2D eigenvalue weighted by atomic mass is 32.2. The first-order chi connectivity index (χ1) is 22.2. The summed E-state index contributed by atoms with van der Waals surface area (Å²) in [6.45, 7) is -0.169. The molecule has 0 saturated carbocycles. The number of para-hydroxylation sites is 2. The molecule has 7 nitrogen and oxygen atoms in total. The van der Waals surface area contributed by atoms with Gasteiger partial charge in [0.2, 0.25) is 10.0 Å². The van der Waals surface area contributed by atoms with Crippen molar-refractivity contribution in [1.29, 1.82) is 0 Å². The molecule has 0 bridgehead atoms. The highest BCUT2D eigenvalue weighted by Crippen LogP contribution is 2.41. The van der Waals surface area contributed by atoms with Gasteiger partial charge in [-0.25, -0.2) is 13.1 Å². The van der Waals surface area contributed by atoms with Gasteiger partial charge >= 0.3 is 12.5 Å². The number of hydrogen-bond donors (Lipinski definition) is 2. The number of sulfonamides is 1. The van der Waals surface area contributed by atoms with Gasteiger partial charge in [0.25, 0.3) is 0 Å². The molecule has 6 rings (SSSR count). The quantitative estimate of drug-likeness (QED) is 0.229. The molecule has 1 saturated heterocycles. The fraction of sp³-hybridized carbons (Fsp3) is 0.273. The fourth-order valence-electron chi connectivity index (χ4n) is 6.21. The monoisotopic (exact) mass is 677 g/mol. The Kier molecular flexibility index (Phi) is 8.61. The molecule has 2 N–H and O–H groups in total. The Morgan fingerprint density at radius 1 is 0.766 bits per heavy atom. The number of fused-ring (bicyclic) bond motifs is 2. The van der Waals surface area contributed by atoms with Gasteiger partial charge < -0.3 is 19.6 Å². The summed E-state index contributed by atoms with van der Waals surface area (Å²) in [6.07, 6.45) is -9.60. The average molecular weight is 678 g/mol. The van der Waals surface area contributed by atoms with E-state index in [1.807, 2.05) is 53.4 Å². The molecule has 2 unspecified atom stereocenters. The Morgan fingerprint density at radius 3 is 1.94 bits per heavy atom. The fourth-order valence-corrected chi connectivity index (χ4v) is 7.45. The van der Waals surface area contributed by atoms with Crippen molar-refractivity contribution in [3.05, 3.63) is 114 Å². The minimum atomic E-state index is -4.97. The van der Waals surface area contributed by atoms with Crippen molar-refractivity contribution in [2.24, 2.45) is 0 Å². The van der Waals surface area contributed by atoms with Gasteiger partial charge in [-0.15, -0.1) is 13.2 Å². The number of halogens is 6. The lowest BCUT2D eigenvalue weighted by Gasteiger charge is -2.48. The van der Waals surface area contributed by atoms with Crippen molar-refractivity contribution >= 4 is 27.1 Å². The summed E-state index contributed by atoms with van der Waals surface area (Å²) < 4.78 is 112. The minimum Gasteiger partial charge on any atom is -0.406 e. The lowest BCUT2D eigenvalue weighted by Crippen LogP contribution is -2.65. The van der Waals surface area contributed by atoms with Gasteiger partial charge in [-0.2, -0.15) is 13.2 Å². The third-order valence-corrected chi connectivity index (χ3v) is 9.85. The first-order valence-corrected chi connectivity index (χ1v) is 16.1. The van der Waals surface area contributed by atoms with E-state index in [1.165, 1.54) is 12.1 Å². The average Bonchev–Trinajstić information content (AvgIpc) is 3.18. The molecule has 1 fully saturated rings. The second-order valence-electron chi connectivity index (χ2n) is 11.4. The van der Waals surface area contributed by atoms with Crippen molar-refractivity contribution in [2.45, 2.75) is 48.5 Å². The Balaban J connectivity index is 1.41. The minimum absolute atomic E-state index is 0.0346. The van der Waals surface area contributed by atoms with Gasteiger partial charge in [0, 0.05) is 30.2 Å². The number of anilines is 3. The van der Waals surface area contributed by atoms with Gasteiger partial charge in [-0.3, -0.25) is 0 Å². The van der Waals surface area contributed by atoms with E-state index < -0.39 is 57.0 Å². The maximum Gasteiger partial charge on any atom is 0.573 e. The van der Waals surface area contributed by atoms with E-state index in [4.69, 9.17) is 0 Å². The number of piperidine rings is 1. The van der Waals surface area contributed by atoms with Crippen molar-refractivity contribution in [3.63, 3.8) is 0 Å². The van der Waals surface area contributed by atoms with Crippen LogP contribution in [0.25, 0.3) is 0 Å². The van der Waals surface area contributed by atoms with E-state index in [-0.39, 0.29) is 18.8 Å². The maximum atomic E-state index is 13.7. The lowest BCUT2D eigenvalue weighted by atomic mass is 9.93. The SMILES string of the molecule is O=S(=O)(NC1CN(c2cccc(C(F)(F)F)c2)CC(N2c3ccccc3CCc3ccccc32)[C@H]1O)c1ccc(OC(F)(F)F)cc1. The third-order valence-electron chi connectivity index (χ3n) is 8.34. The van der Waals surface area contributed by atoms with Crippen LogP contribution in [0.5, 0.6) is 5.75 Å². The summed E-state index contributed by atoms with van der Waals surface area (Å²) in [7, 11) is -4.44. The van der Waals surface area contributed by atoms with Crippen molar-refractivity contribution < 1.29 is 44.6 Å². The first kappa shape index (κ1) is 32.7. The second kappa shape index (κ2) is 12.4. The highest BCUT2D eigenvalue weighted by Gasteiger charge is 2.43. The van der Waals surface area contributed by atoms with Crippen LogP contribution >= 0.6 is 0 Å². The van der Waals surface area contributed by atoms with E-state index >= 15 is 0 Å². The summed E-state index contributed by atoms with van der Waals surface area (Å²) in [5.41, 5.74) is 2.78. The molecule has 0 spiro atoms. The number of alkyl halides is 6. The molecule has 2 aliphatic heterocycles. The predicted octanol–water partition coefficient (Wildman–Crippen LogP) is 6.44. The normalized spacial score (nSPS) is 20.3. The number of benzene rings is 4. The molecule has 2 heterocycles. The number of nitrogens with one attached hydrogen (secondary N) is 1. The molecule has 4 aromatic rings. The van der Waals surface area contributed by atoms with E-state index in [2.05, 4.69) is 9.46 Å². The smallest absolute Gasteiger partial charge is 0.406 e. The van der Waals surface area contributed by atoms with Gasteiger partial charge in [0.15, 0.2) is 0 Å². The summed E-state index contributed by atoms with van der Waals surface area (Å²) >= 11 is 0. The Hall–Kier alpha value is -4.27. The van der Waals surface area contributed by atoms with Gasteiger partial charge in [0.05, 0.1) is 28.6 Å². The number of aliphatic hydroxyl groups excluding tert-OH is 1. The maximum absolute atomic E-state index is 13.7. The van der Waals surface area contributed by atoms with Crippen LogP contribution in [0.3, 0.4) is 0 Å². The van der Waals surface area contributed by atoms with E-state index in [0.29, 0.717) is 12.8 Å². The molecule has 0 aromatic heterocycles. The second-order valence-corrected chi connectivity index (χ2v) is 13.1. The van der Waals surface area contributed by atoms with Crippen LogP contribution in [0.2, 0.25) is 0 Å². The third kappa shape index (κ3) is 7.04. The van der Waals surface area contributed by atoms with Gasteiger partial charge in [-0.1, -0.05) is 42.5 Å². The van der Waals surface area contributed by atoms with Crippen molar-refractivity contribution in [3.8, 4) is 5.75 Å². The van der Waals surface area contributed by atoms with E-state index in [0.717, 1.165) is 58.9 Å². The molecule has 0 radical (unpaired) electrons. The number of aryl methyl sites for hydroxylation is 2. The number of nitrogens with zero attached hydrogens (tertiary/aromatic N) is 2. The van der Waals surface area contributed by atoms with Gasteiger partial charge in [-0.05, 0) is 78.6 Å². The largest absolute Gasteiger partial charge is 0.573 e. The van der Waals surface area contributed by atoms with Crippen LogP contribution in [-0.2, 0) is 29.0 Å². The summed E-state index contributed by atoms with van der Waals surface area (Å²) in [5, 5.41) is 11.9. The molecule has 4 aromatic carbocycles. The van der Waals surface area contributed by atoms with Crippen LogP contribution in [0.15, 0.2) is 102 Å². The molecule has 0 amide bonds. The lowest BCUT2D eigenvalue weighted by molar-refractivity contribution is -0.274. The predicted molar refractivity (Wildman–Crippen MR) is 163 cm³/mol. The molecule has 248 valence electrons. The molecular formula is C33H29F6N3O4S. The molecule has 47 heavy (non-hydrogen) atoms. The summed E-state index contributed by atoms with van der Waals surface area (Å²) in [6, 6.07) is 21.3. The number of ether oxygens (including phenoxy) is 1. The zero-order valence-electron chi connectivity index (χ0n) is 24.5. The van der Waals surface area contributed by atoms with Crippen LogP contribution in [0.4, 0.5) is 43.4 Å². The molecular weight excluding hydrogens is 648 g/mol. The van der Waals surface area contributed by atoms with E-state index in [1.54, 1.807) is 4.90 Å². The molecule has 14 heteroatoms.